The molecule has 0 aromatic carbocycles. The fourth-order valence-electron chi connectivity index (χ4n) is 0.245. The molecule has 0 atom stereocenters. The summed E-state index contributed by atoms with van der Waals surface area (Å²) >= 11 is 13.8. The van der Waals surface area contributed by atoms with Gasteiger partial charge in [0.05, 0.1) is 13.7 Å². The molecule has 0 unspecified atom stereocenters. The predicted octanol–water partition coefficient (Wildman–Crippen LogP) is 1.87. The average Bonchev–Trinajstić information content (AvgIpc) is 1.81. The van der Waals surface area contributed by atoms with Crippen molar-refractivity contribution in [3.05, 3.63) is 0 Å². The third kappa shape index (κ3) is 6.45. The summed E-state index contributed by atoms with van der Waals surface area (Å²) in [6, 6.07) is 0. The minimum atomic E-state index is -1.12. The van der Waals surface area contributed by atoms with Gasteiger partial charge in [-0.05, 0) is 15.9 Å². The van der Waals surface area contributed by atoms with E-state index in [4.69, 9.17) is 23.2 Å². The lowest BCUT2D eigenvalue weighted by atomic mass is 10.7. The van der Waals surface area contributed by atoms with Gasteiger partial charge in [0.1, 0.15) is 0 Å². The summed E-state index contributed by atoms with van der Waals surface area (Å²) in [5.41, 5.74) is 0. The Labute approximate surface area is 77.1 Å². The maximum atomic E-state index is 10.4. The van der Waals surface area contributed by atoms with Crippen LogP contribution in [0.2, 0.25) is 0 Å². The molecular weight excluding hydrogens is 245 g/mol. The summed E-state index contributed by atoms with van der Waals surface area (Å²) < 4.78 is 3.13. The van der Waals surface area contributed by atoms with Crippen molar-refractivity contribution in [2.75, 3.05) is 13.7 Å². The Balaban J connectivity index is 3.46. The fraction of sp³-hybridized carbons (Fsp3) is 0.750. The largest absolute Gasteiger partial charge is 0.453 e. The number of rotatable bonds is 2. The molecule has 10 heavy (non-hydrogen) atoms. The van der Waals surface area contributed by atoms with Crippen molar-refractivity contribution in [3.63, 3.8) is 0 Å². The third-order valence-corrected chi connectivity index (χ3v) is 1.17. The molecule has 0 aliphatic heterocycles. The van der Waals surface area contributed by atoms with Gasteiger partial charge in [-0.2, -0.15) is 0 Å². The summed E-state index contributed by atoms with van der Waals surface area (Å²) in [6.07, 6.45) is -0.565. The Kier molecular flexibility index (Phi) is 4.40. The van der Waals surface area contributed by atoms with Crippen LogP contribution in [0.15, 0.2) is 0 Å². The smallest absolute Gasteiger partial charge is 0.406 e. The lowest BCUT2D eigenvalue weighted by Gasteiger charge is -2.10. The highest BCUT2D eigenvalue weighted by Gasteiger charge is 2.19. The first-order valence-electron chi connectivity index (χ1n) is 2.34. The van der Waals surface area contributed by atoms with Gasteiger partial charge in [0, 0.05) is 0 Å². The highest BCUT2D eigenvalue weighted by atomic mass is 79.9. The number of hydrogen-bond donors (Lipinski definition) is 1. The molecule has 60 valence electrons. The first-order valence-corrected chi connectivity index (χ1v) is 3.89. The molecule has 0 radical (unpaired) electrons. The SMILES string of the molecule is COC(=O)NCC(Cl)(Cl)Br. The number of hydrogen-bond acceptors (Lipinski definition) is 2. The van der Waals surface area contributed by atoms with E-state index in [0.29, 0.717) is 0 Å². The number of ether oxygens (including phenoxy) is 1. The fourth-order valence-corrected chi connectivity index (χ4v) is 0.518. The Morgan fingerprint density at radius 3 is 2.60 bits per heavy atom. The lowest BCUT2D eigenvalue weighted by Crippen LogP contribution is -2.31. The Morgan fingerprint density at radius 1 is 1.80 bits per heavy atom. The van der Waals surface area contributed by atoms with Gasteiger partial charge in [-0.15, -0.1) is 0 Å². The van der Waals surface area contributed by atoms with E-state index in [9.17, 15) is 4.79 Å². The van der Waals surface area contributed by atoms with Crippen molar-refractivity contribution >= 4 is 45.2 Å². The van der Waals surface area contributed by atoms with Gasteiger partial charge < -0.3 is 10.1 Å². The van der Waals surface area contributed by atoms with Crippen molar-refractivity contribution in [1.82, 2.24) is 5.32 Å². The predicted molar refractivity (Wildman–Crippen MR) is 43.8 cm³/mol. The van der Waals surface area contributed by atoms with Crippen LogP contribution >= 0.6 is 39.1 Å². The minimum absolute atomic E-state index is 0.0861. The number of alkyl carbamates (subject to hydrolysis) is 1. The number of amides is 1. The highest BCUT2D eigenvalue weighted by molar-refractivity contribution is 9.11. The summed E-state index contributed by atoms with van der Waals surface area (Å²) in [5.74, 6) is 0. The number of alkyl halides is 3. The lowest BCUT2D eigenvalue weighted by molar-refractivity contribution is 0.171. The molecule has 0 heterocycles. The van der Waals surface area contributed by atoms with Crippen molar-refractivity contribution in [1.29, 1.82) is 0 Å². The van der Waals surface area contributed by atoms with Gasteiger partial charge in [-0.3, -0.25) is 0 Å². The molecule has 0 bridgehead atoms. The standard InChI is InChI=1S/C4H6BrCl2NO2/c1-10-3(9)8-2-4(5,6)7/h2H2,1H3,(H,8,9). The van der Waals surface area contributed by atoms with Gasteiger partial charge in [0.15, 0.2) is 3.24 Å². The summed E-state index contributed by atoms with van der Waals surface area (Å²) in [6.45, 7) is 0.0861. The van der Waals surface area contributed by atoms with Crippen molar-refractivity contribution in [2.45, 2.75) is 3.24 Å². The van der Waals surface area contributed by atoms with Crippen LogP contribution in [-0.4, -0.2) is 23.0 Å². The summed E-state index contributed by atoms with van der Waals surface area (Å²) in [7, 11) is 1.26. The van der Waals surface area contributed by atoms with Crippen LogP contribution in [0.3, 0.4) is 0 Å². The minimum Gasteiger partial charge on any atom is -0.453 e. The Bertz CT molecular complexity index is 125. The van der Waals surface area contributed by atoms with Crippen LogP contribution in [0.1, 0.15) is 0 Å². The molecule has 0 spiro atoms. The first-order chi connectivity index (χ1) is 4.45. The molecule has 0 fully saturated rings. The Hall–Kier alpha value is 0.330. The highest BCUT2D eigenvalue weighted by Crippen LogP contribution is 2.26. The maximum Gasteiger partial charge on any atom is 0.406 e. The molecule has 0 saturated heterocycles. The molecule has 1 amide bonds. The number of halogens is 3. The second-order valence-corrected chi connectivity index (χ2v) is 5.21. The van der Waals surface area contributed by atoms with E-state index in [1.54, 1.807) is 0 Å². The second-order valence-electron chi connectivity index (χ2n) is 1.46. The van der Waals surface area contributed by atoms with E-state index < -0.39 is 9.34 Å². The van der Waals surface area contributed by atoms with Crippen LogP contribution in [0, 0.1) is 0 Å². The Morgan fingerprint density at radius 2 is 2.30 bits per heavy atom. The topological polar surface area (TPSA) is 38.3 Å². The normalized spacial score (nSPS) is 10.8. The molecule has 0 aromatic heterocycles. The monoisotopic (exact) mass is 249 g/mol. The average molecular weight is 251 g/mol. The maximum absolute atomic E-state index is 10.4. The van der Waals surface area contributed by atoms with E-state index in [2.05, 4.69) is 26.0 Å². The molecule has 0 saturated carbocycles. The number of carbonyl (C=O) groups excluding carboxylic acids is 1. The van der Waals surface area contributed by atoms with Gasteiger partial charge in [0.25, 0.3) is 0 Å². The van der Waals surface area contributed by atoms with Crippen LogP contribution in [0.5, 0.6) is 0 Å². The molecule has 0 aliphatic rings. The van der Waals surface area contributed by atoms with E-state index in [1.807, 2.05) is 0 Å². The van der Waals surface area contributed by atoms with E-state index in [1.165, 1.54) is 7.11 Å². The zero-order valence-electron chi connectivity index (χ0n) is 5.16. The zero-order valence-corrected chi connectivity index (χ0v) is 8.26. The number of nitrogens with one attached hydrogen (secondary N) is 1. The summed E-state index contributed by atoms with van der Waals surface area (Å²) in [4.78, 5) is 10.4. The van der Waals surface area contributed by atoms with Crippen molar-refractivity contribution < 1.29 is 9.53 Å². The van der Waals surface area contributed by atoms with E-state index >= 15 is 0 Å². The molecular formula is C4H6BrCl2NO2. The van der Waals surface area contributed by atoms with Gasteiger partial charge in [0.2, 0.25) is 0 Å². The van der Waals surface area contributed by atoms with Crippen molar-refractivity contribution in [2.24, 2.45) is 0 Å². The second kappa shape index (κ2) is 4.26. The van der Waals surface area contributed by atoms with Crippen LogP contribution in [-0.2, 0) is 4.74 Å². The van der Waals surface area contributed by atoms with Gasteiger partial charge in [-0.1, -0.05) is 23.2 Å². The van der Waals surface area contributed by atoms with Crippen LogP contribution in [0.4, 0.5) is 4.79 Å². The first kappa shape index (κ1) is 10.3. The number of carbonyl (C=O) groups is 1. The van der Waals surface area contributed by atoms with Crippen molar-refractivity contribution in [3.8, 4) is 0 Å². The van der Waals surface area contributed by atoms with Crippen LogP contribution in [0.25, 0.3) is 0 Å². The number of methoxy groups -OCH3 is 1. The van der Waals surface area contributed by atoms with Crippen LogP contribution < -0.4 is 5.32 Å². The molecule has 6 heteroatoms. The van der Waals surface area contributed by atoms with Gasteiger partial charge >= 0.3 is 6.09 Å². The molecule has 3 nitrogen and oxygen atoms in total. The molecule has 0 aliphatic carbocycles. The quantitative estimate of drug-likeness (QED) is 0.760. The zero-order chi connectivity index (χ0) is 8.20. The van der Waals surface area contributed by atoms with E-state index in [-0.39, 0.29) is 6.54 Å². The molecule has 1 N–H and O–H groups in total. The molecule has 0 rings (SSSR count). The molecule has 0 aromatic rings. The van der Waals surface area contributed by atoms with Gasteiger partial charge in [-0.25, -0.2) is 4.79 Å². The summed E-state index contributed by atoms with van der Waals surface area (Å²) in [5, 5.41) is 2.30. The third-order valence-electron chi connectivity index (χ3n) is 0.619. The van der Waals surface area contributed by atoms with E-state index in [0.717, 1.165) is 0 Å².